The first-order valence-electron chi connectivity index (χ1n) is 9.00. The van der Waals surface area contributed by atoms with Crippen molar-refractivity contribution in [2.24, 2.45) is 0 Å². The molecule has 0 aliphatic heterocycles. The van der Waals surface area contributed by atoms with E-state index in [4.69, 9.17) is 0 Å². The van der Waals surface area contributed by atoms with Gasteiger partial charge >= 0.3 is 0 Å². The summed E-state index contributed by atoms with van der Waals surface area (Å²) in [7, 11) is 1.64. The van der Waals surface area contributed by atoms with Gasteiger partial charge in [0.05, 0.1) is 6.04 Å². The third kappa shape index (κ3) is 5.02. The van der Waals surface area contributed by atoms with Crippen LogP contribution in [0.4, 0.5) is 4.39 Å². The van der Waals surface area contributed by atoms with Gasteiger partial charge in [0.25, 0.3) is 0 Å². The number of nitrogens with one attached hydrogen (secondary N) is 2. The molecule has 0 spiro atoms. The molecule has 3 nitrogen and oxygen atoms in total. The number of amides is 1. The number of rotatable bonds is 7. The standard InChI is InChI=1S/C23H23FN2O/c1-25-23(27)22(15-17-8-3-2-4-9-17)26-16-18-10-7-11-19(14-18)20-12-5-6-13-21(20)24/h2-14,22,26H,15-16H2,1H3,(H,25,27). The first-order chi connectivity index (χ1) is 13.2. The highest BCUT2D eigenvalue weighted by Gasteiger charge is 2.17. The fourth-order valence-electron chi connectivity index (χ4n) is 3.07. The molecule has 1 unspecified atom stereocenters. The maximum absolute atomic E-state index is 14.0. The van der Waals surface area contributed by atoms with Crippen molar-refractivity contribution < 1.29 is 9.18 Å². The average molecular weight is 362 g/mol. The molecule has 1 atom stereocenters. The maximum atomic E-state index is 14.0. The summed E-state index contributed by atoms with van der Waals surface area (Å²) in [5, 5.41) is 6.04. The molecule has 0 bridgehead atoms. The van der Waals surface area contributed by atoms with Gasteiger partial charge in [0.15, 0.2) is 0 Å². The molecule has 138 valence electrons. The number of likely N-dealkylation sites (N-methyl/N-ethyl adjacent to an activating group) is 1. The SMILES string of the molecule is CNC(=O)C(Cc1ccccc1)NCc1cccc(-c2ccccc2F)c1. The Morgan fingerprint density at radius 3 is 2.37 bits per heavy atom. The molecule has 3 rings (SSSR count). The monoisotopic (exact) mass is 362 g/mol. The topological polar surface area (TPSA) is 41.1 Å². The van der Waals surface area contributed by atoms with E-state index >= 15 is 0 Å². The normalized spacial score (nSPS) is 11.8. The number of hydrogen-bond donors (Lipinski definition) is 2. The lowest BCUT2D eigenvalue weighted by atomic mass is 10.0. The van der Waals surface area contributed by atoms with Crippen LogP contribution in [0.15, 0.2) is 78.9 Å². The Morgan fingerprint density at radius 2 is 1.63 bits per heavy atom. The summed E-state index contributed by atoms with van der Waals surface area (Å²) in [4.78, 5) is 12.2. The summed E-state index contributed by atoms with van der Waals surface area (Å²) in [5.41, 5.74) is 3.50. The van der Waals surface area contributed by atoms with Crippen LogP contribution in [0.25, 0.3) is 11.1 Å². The van der Waals surface area contributed by atoms with Gasteiger partial charge in [-0.05, 0) is 35.2 Å². The molecule has 0 saturated carbocycles. The van der Waals surface area contributed by atoms with Gasteiger partial charge in [-0.25, -0.2) is 4.39 Å². The Morgan fingerprint density at radius 1 is 0.926 bits per heavy atom. The van der Waals surface area contributed by atoms with E-state index in [1.54, 1.807) is 19.2 Å². The molecule has 4 heteroatoms. The van der Waals surface area contributed by atoms with Crippen molar-refractivity contribution in [2.45, 2.75) is 19.0 Å². The smallest absolute Gasteiger partial charge is 0.237 e. The molecule has 2 N–H and O–H groups in total. The first kappa shape index (κ1) is 18.8. The van der Waals surface area contributed by atoms with E-state index in [0.29, 0.717) is 18.5 Å². The summed E-state index contributed by atoms with van der Waals surface area (Å²) in [6.45, 7) is 0.521. The van der Waals surface area contributed by atoms with E-state index in [1.807, 2.05) is 60.7 Å². The predicted molar refractivity (Wildman–Crippen MR) is 107 cm³/mol. The van der Waals surface area contributed by atoms with Crippen LogP contribution in [-0.2, 0) is 17.8 Å². The average Bonchev–Trinajstić information content (AvgIpc) is 2.72. The molecule has 0 aromatic heterocycles. The van der Waals surface area contributed by atoms with E-state index in [0.717, 1.165) is 16.7 Å². The van der Waals surface area contributed by atoms with Crippen LogP contribution in [0.5, 0.6) is 0 Å². The minimum Gasteiger partial charge on any atom is -0.358 e. The summed E-state index contributed by atoms with van der Waals surface area (Å²) in [5.74, 6) is -0.293. The van der Waals surface area contributed by atoms with Gasteiger partial charge in [-0.1, -0.05) is 66.7 Å². The molecule has 27 heavy (non-hydrogen) atoms. The van der Waals surface area contributed by atoms with Crippen LogP contribution in [0, 0.1) is 5.82 Å². The maximum Gasteiger partial charge on any atom is 0.237 e. The summed E-state index contributed by atoms with van der Waals surface area (Å²) >= 11 is 0. The number of carbonyl (C=O) groups is 1. The quantitative estimate of drug-likeness (QED) is 0.668. The highest BCUT2D eigenvalue weighted by Crippen LogP contribution is 2.23. The van der Waals surface area contributed by atoms with Gasteiger partial charge in [0.2, 0.25) is 5.91 Å². The van der Waals surface area contributed by atoms with Crippen LogP contribution in [0.1, 0.15) is 11.1 Å². The minimum atomic E-state index is -0.338. The van der Waals surface area contributed by atoms with Gasteiger partial charge in [0.1, 0.15) is 5.82 Å². The van der Waals surface area contributed by atoms with Crippen molar-refractivity contribution in [3.8, 4) is 11.1 Å². The van der Waals surface area contributed by atoms with E-state index in [1.165, 1.54) is 6.07 Å². The van der Waals surface area contributed by atoms with Crippen molar-refractivity contribution in [1.29, 1.82) is 0 Å². The third-order valence-electron chi connectivity index (χ3n) is 4.51. The second-order valence-corrected chi connectivity index (χ2v) is 6.42. The second kappa shape index (κ2) is 9.10. The molecule has 0 radical (unpaired) electrons. The van der Waals surface area contributed by atoms with E-state index < -0.39 is 0 Å². The number of halogens is 1. The minimum absolute atomic E-state index is 0.0517. The molecule has 3 aromatic rings. The second-order valence-electron chi connectivity index (χ2n) is 6.42. The molecule has 0 saturated heterocycles. The van der Waals surface area contributed by atoms with Gasteiger partial charge in [-0.15, -0.1) is 0 Å². The van der Waals surface area contributed by atoms with Gasteiger partial charge in [-0.2, -0.15) is 0 Å². The lowest BCUT2D eigenvalue weighted by Crippen LogP contribution is -2.44. The summed E-state index contributed by atoms with van der Waals surface area (Å²) in [6, 6.07) is 24.0. The van der Waals surface area contributed by atoms with Gasteiger partial charge in [-0.3, -0.25) is 4.79 Å². The Kier molecular flexibility index (Phi) is 6.34. The van der Waals surface area contributed by atoms with Crippen molar-refractivity contribution >= 4 is 5.91 Å². The molecule has 0 aliphatic rings. The van der Waals surface area contributed by atoms with Crippen LogP contribution >= 0.6 is 0 Å². The van der Waals surface area contributed by atoms with E-state index in [-0.39, 0.29) is 17.8 Å². The predicted octanol–water partition coefficient (Wildman–Crippen LogP) is 3.94. The van der Waals surface area contributed by atoms with Gasteiger partial charge in [0, 0.05) is 19.2 Å². The fraction of sp³-hybridized carbons (Fsp3) is 0.174. The Bertz CT molecular complexity index is 896. The van der Waals surface area contributed by atoms with Crippen molar-refractivity contribution in [3.63, 3.8) is 0 Å². The van der Waals surface area contributed by atoms with Crippen molar-refractivity contribution in [2.75, 3.05) is 7.05 Å². The van der Waals surface area contributed by atoms with Crippen molar-refractivity contribution in [1.82, 2.24) is 10.6 Å². The Hall–Kier alpha value is -2.98. The zero-order valence-corrected chi connectivity index (χ0v) is 15.3. The van der Waals surface area contributed by atoms with Crippen LogP contribution in [-0.4, -0.2) is 19.0 Å². The van der Waals surface area contributed by atoms with Crippen LogP contribution in [0.3, 0.4) is 0 Å². The molecule has 0 aliphatic carbocycles. The fourth-order valence-corrected chi connectivity index (χ4v) is 3.07. The number of hydrogen-bond acceptors (Lipinski definition) is 2. The van der Waals surface area contributed by atoms with Crippen LogP contribution < -0.4 is 10.6 Å². The lowest BCUT2D eigenvalue weighted by molar-refractivity contribution is -0.122. The lowest BCUT2D eigenvalue weighted by Gasteiger charge is -2.18. The Balaban J connectivity index is 1.73. The first-order valence-corrected chi connectivity index (χ1v) is 9.00. The third-order valence-corrected chi connectivity index (χ3v) is 4.51. The molecule has 0 fully saturated rings. The zero-order chi connectivity index (χ0) is 19.1. The highest BCUT2D eigenvalue weighted by atomic mass is 19.1. The van der Waals surface area contributed by atoms with Gasteiger partial charge < -0.3 is 10.6 Å². The number of carbonyl (C=O) groups excluding carboxylic acids is 1. The molecule has 3 aromatic carbocycles. The Labute approximate surface area is 159 Å². The summed E-state index contributed by atoms with van der Waals surface area (Å²) < 4.78 is 14.0. The largest absolute Gasteiger partial charge is 0.358 e. The highest BCUT2D eigenvalue weighted by molar-refractivity contribution is 5.81. The van der Waals surface area contributed by atoms with Crippen molar-refractivity contribution in [3.05, 3.63) is 95.8 Å². The summed E-state index contributed by atoms with van der Waals surface area (Å²) in [6.07, 6.45) is 0.605. The molecular formula is C23H23FN2O. The number of benzene rings is 3. The molecule has 0 heterocycles. The van der Waals surface area contributed by atoms with E-state index in [2.05, 4.69) is 10.6 Å². The zero-order valence-electron chi connectivity index (χ0n) is 15.3. The van der Waals surface area contributed by atoms with Crippen LogP contribution in [0.2, 0.25) is 0 Å². The molecular weight excluding hydrogens is 339 g/mol. The molecule has 1 amide bonds. The van der Waals surface area contributed by atoms with E-state index in [9.17, 15) is 9.18 Å².